The summed E-state index contributed by atoms with van der Waals surface area (Å²) < 4.78 is 0. The summed E-state index contributed by atoms with van der Waals surface area (Å²) in [6.07, 6.45) is 7.45. The first-order chi connectivity index (χ1) is 11.7. The third-order valence-electron chi connectivity index (χ3n) is 5.04. The number of carbonyl (C=O) groups is 1. The number of aromatic nitrogens is 1. The number of hydrogen-bond acceptors (Lipinski definition) is 5. The van der Waals surface area contributed by atoms with Crippen molar-refractivity contribution < 1.29 is 9.90 Å². The maximum absolute atomic E-state index is 12.2. The van der Waals surface area contributed by atoms with Gasteiger partial charge in [0.1, 0.15) is 5.82 Å². The molecule has 0 spiro atoms. The van der Waals surface area contributed by atoms with Crippen LogP contribution in [0.4, 0.5) is 11.5 Å². The van der Waals surface area contributed by atoms with Crippen LogP contribution >= 0.6 is 0 Å². The number of nitrogens with one attached hydrogen (secondary N) is 1. The van der Waals surface area contributed by atoms with Crippen LogP contribution in [0.2, 0.25) is 0 Å². The fraction of sp³-hybridized carbons (Fsp3) is 0.667. The van der Waals surface area contributed by atoms with Crippen LogP contribution in [-0.4, -0.2) is 60.2 Å². The predicted molar refractivity (Wildman–Crippen MR) is 95.2 cm³/mol. The van der Waals surface area contributed by atoms with Gasteiger partial charge in [0, 0.05) is 19.7 Å². The van der Waals surface area contributed by atoms with Gasteiger partial charge in [-0.05, 0) is 63.2 Å². The second kappa shape index (κ2) is 8.44. The molecule has 1 aromatic heterocycles. The van der Waals surface area contributed by atoms with Crippen LogP contribution < -0.4 is 10.2 Å². The summed E-state index contributed by atoms with van der Waals surface area (Å²) in [6, 6.07) is 3.93. The topological polar surface area (TPSA) is 68.7 Å². The van der Waals surface area contributed by atoms with Crippen molar-refractivity contribution >= 4 is 17.4 Å². The van der Waals surface area contributed by atoms with E-state index in [0.717, 1.165) is 50.5 Å². The van der Waals surface area contributed by atoms with E-state index in [0.29, 0.717) is 12.5 Å². The molecule has 24 heavy (non-hydrogen) atoms. The van der Waals surface area contributed by atoms with Crippen LogP contribution in [0.1, 0.15) is 32.1 Å². The zero-order chi connectivity index (χ0) is 16.8. The van der Waals surface area contributed by atoms with Crippen molar-refractivity contribution in [2.75, 3.05) is 49.5 Å². The number of amides is 1. The Morgan fingerprint density at radius 1 is 1.17 bits per heavy atom. The lowest BCUT2D eigenvalue weighted by Crippen LogP contribution is -2.39. The number of piperidine rings is 2. The number of pyridine rings is 1. The fourth-order valence-corrected chi connectivity index (χ4v) is 3.50. The van der Waals surface area contributed by atoms with E-state index >= 15 is 0 Å². The van der Waals surface area contributed by atoms with Gasteiger partial charge in [-0.3, -0.25) is 9.69 Å². The van der Waals surface area contributed by atoms with E-state index in [9.17, 15) is 4.79 Å². The molecule has 1 amide bonds. The maximum atomic E-state index is 12.2. The summed E-state index contributed by atoms with van der Waals surface area (Å²) in [5.74, 6) is 1.40. The van der Waals surface area contributed by atoms with Crippen LogP contribution in [0.3, 0.4) is 0 Å². The minimum Gasteiger partial charge on any atom is -0.396 e. The van der Waals surface area contributed by atoms with E-state index in [2.05, 4.69) is 20.1 Å². The molecule has 0 unspecified atom stereocenters. The lowest BCUT2D eigenvalue weighted by molar-refractivity contribution is -0.117. The first-order valence-corrected chi connectivity index (χ1v) is 9.08. The zero-order valence-corrected chi connectivity index (χ0v) is 14.3. The lowest BCUT2D eigenvalue weighted by Gasteiger charge is -2.30. The third-order valence-corrected chi connectivity index (χ3v) is 5.04. The summed E-state index contributed by atoms with van der Waals surface area (Å²) in [5.41, 5.74) is 0.756. The highest BCUT2D eigenvalue weighted by Crippen LogP contribution is 2.19. The van der Waals surface area contributed by atoms with Crippen molar-refractivity contribution in [1.82, 2.24) is 9.88 Å². The van der Waals surface area contributed by atoms with Crippen molar-refractivity contribution in [3.8, 4) is 0 Å². The van der Waals surface area contributed by atoms with E-state index in [1.54, 1.807) is 6.20 Å². The quantitative estimate of drug-likeness (QED) is 0.859. The highest BCUT2D eigenvalue weighted by Gasteiger charge is 2.20. The van der Waals surface area contributed by atoms with Gasteiger partial charge in [-0.2, -0.15) is 0 Å². The summed E-state index contributed by atoms with van der Waals surface area (Å²) in [5, 5.41) is 12.1. The summed E-state index contributed by atoms with van der Waals surface area (Å²) in [4.78, 5) is 21.1. The largest absolute Gasteiger partial charge is 0.396 e. The minimum atomic E-state index is 0.00460. The van der Waals surface area contributed by atoms with E-state index in [1.165, 1.54) is 19.3 Å². The van der Waals surface area contributed by atoms with E-state index < -0.39 is 0 Å². The van der Waals surface area contributed by atoms with Gasteiger partial charge >= 0.3 is 0 Å². The van der Waals surface area contributed by atoms with Crippen LogP contribution in [0, 0.1) is 5.92 Å². The lowest BCUT2D eigenvalue weighted by atomic mass is 9.98. The average molecular weight is 332 g/mol. The van der Waals surface area contributed by atoms with Crippen LogP contribution in [0.25, 0.3) is 0 Å². The monoisotopic (exact) mass is 332 g/mol. The third kappa shape index (κ3) is 4.68. The molecule has 132 valence electrons. The number of nitrogens with zero attached hydrogens (tertiary/aromatic N) is 3. The Hall–Kier alpha value is -1.66. The van der Waals surface area contributed by atoms with E-state index in [1.807, 2.05) is 12.1 Å². The number of anilines is 2. The number of hydrogen-bond donors (Lipinski definition) is 2. The van der Waals surface area contributed by atoms with Crippen molar-refractivity contribution in [2.24, 2.45) is 5.92 Å². The van der Waals surface area contributed by atoms with Gasteiger partial charge in [0.25, 0.3) is 0 Å². The number of rotatable bonds is 5. The molecule has 0 bridgehead atoms. The van der Waals surface area contributed by atoms with Gasteiger partial charge in [0.15, 0.2) is 0 Å². The van der Waals surface area contributed by atoms with Crippen LogP contribution in [0.15, 0.2) is 18.3 Å². The Bertz CT molecular complexity index is 520. The molecule has 2 aliphatic rings. The summed E-state index contributed by atoms with van der Waals surface area (Å²) >= 11 is 0. The fourth-order valence-electron chi connectivity index (χ4n) is 3.50. The highest BCUT2D eigenvalue weighted by atomic mass is 16.3. The molecule has 0 radical (unpaired) electrons. The minimum absolute atomic E-state index is 0.00460. The molecule has 0 saturated carbocycles. The predicted octanol–water partition coefficient (Wildman–Crippen LogP) is 1.71. The number of likely N-dealkylation sites (tertiary alicyclic amines) is 1. The average Bonchev–Trinajstić information content (AvgIpc) is 2.64. The van der Waals surface area contributed by atoms with Gasteiger partial charge in [-0.1, -0.05) is 0 Å². The molecule has 3 rings (SSSR count). The molecule has 1 aromatic rings. The summed E-state index contributed by atoms with van der Waals surface area (Å²) in [6.45, 7) is 4.57. The molecule has 0 aliphatic carbocycles. The molecule has 6 heteroatoms. The molecular weight excluding hydrogens is 304 g/mol. The molecule has 0 atom stereocenters. The van der Waals surface area contributed by atoms with E-state index in [4.69, 9.17) is 5.11 Å². The number of aliphatic hydroxyl groups excluding tert-OH is 1. The standard InChI is InChI=1S/C18H28N4O2/c23-14-15-6-10-21(11-7-15)13-18(24)20-16-4-5-17(19-12-16)22-8-2-1-3-9-22/h4-5,12,15,23H,1-3,6-11,13-14H2,(H,20,24). The smallest absolute Gasteiger partial charge is 0.238 e. The number of aliphatic hydroxyl groups is 1. The van der Waals surface area contributed by atoms with Crippen LogP contribution in [0.5, 0.6) is 0 Å². The molecule has 2 saturated heterocycles. The first kappa shape index (κ1) is 17.2. The second-order valence-electron chi connectivity index (χ2n) is 6.90. The van der Waals surface area contributed by atoms with Gasteiger partial charge in [-0.25, -0.2) is 4.98 Å². The Morgan fingerprint density at radius 2 is 1.92 bits per heavy atom. The first-order valence-electron chi connectivity index (χ1n) is 9.08. The maximum Gasteiger partial charge on any atom is 0.238 e. The second-order valence-corrected chi connectivity index (χ2v) is 6.90. The van der Waals surface area contributed by atoms with Crippen molar-refractivity contribution in [3.63, 3.8) is 0 Å². The van der Waals surface area contributed by atoms with Gasteiger partial charge in [-0.15, -0.1) is 0 Å². The Balaban J connectivity index is 1.46. The van der Waals surface area contributed by atoms with Crippen molar-refractivity contribution in [2.45, 2.75) is 32.1 Å². The highest BCUT2D eigenvalue weighted by molar-refractivity contribution is 5.92. The van der Waals surface area contributed by atoms with Crippen molar-refractivity contribution in [1.29, 1.82) is 0 Å². The molecule has 2 fully saturated rings. The molecular formula is C18H28N4O2. The molecule has 6 nitrogen and oxygen atoms in total. The van der Waals surface area contributed by atoms with E-state index in [-0.39, 0.29) is 12.5 Å². The summed E-state index contributed by atoms with van der Waals surface area (Å²) in [7, 11) is 0. The van der Waals surface area contributed by atoms with Crippen LogP contribution in [-0.2, 0) is 4.79 Å². The Kier molecular flexibility index (Phi) is 6.04. The molecule has 2 aliphatic heterocycles. The zero-order valence-electron chi connectivity index (χ0n) is 14.3. The van der Waals surface area contributed by atoms with Gasteiger partial charge in [0.2, 0.25) is 5.91 Å². The molecule has 3 heterocycles. The number of carbonyl (C=O) groups excluding carboxylic acids is 1. The Morgan fingerprint density at radius 3 is 2.54 bits per heavy atom. The SMILES string of the molecule is O=C(CN1CCC(CO)CC1)Nc1ccc(N2CCCCC2)nc1. The Labute approximate surface area is 143 Å². The van der Waals surface area contributed by atoms with Gasteiger partial charge < -0.3 is 15.3 Å². The van der Waals surface area contributed by atoms with Gasteiger partial charge in [0.05, 0.1) is 18.4 Å². The molecule has 2 N–H and O–H groups in total. The molecule has 0 aromatic carbocycles. The normalized spacial score (nSPS) is 20.1. The van der Waals surface area contributed by atoms with Crippen molar-refractivity contribution in [3.05, 3.63) is 18.3 Å².